The smallest absolute Gasteiger partial charge is 0.416 e. The van der Waals surface area contributed by atoms with Gasteiger partial charge in [0.15, 0.2) is 0 Å². The highest BCUT2D eigenvalue weighted by atomic mass is 19.4. The fourth-order valence-corrected chi connectivity index (χ4v) is 4.42. The summed E-state index contributed by atoms with van der Waals surface area (Å²) in [5.41, 5.74) is 9.82. The molecule has 0 atom stereocenters. The Labute approximate surface area is 197 Å². The van der Waals surface area contributed by atoms with Crippen molar-refractivity contribution in [2.45, 2.75) is 20.0 Å². The van der Waals surface area contributed by atoms with Crippen LogP contribution in [0.15, 0.2) is 48.5 Å². The van der Waals surface area contributed by atoms with Crippen LogP contribution in [0.25, 0.3) is 44.3 Å². The third-order valence-electron chi connectivity index (χ3n) is 6.13. The predicted octanol–water partition coefficient (Wildman–Crippen LogP) is 6.81. The quantitative estimate of drug-likeness (QED) is 0.278. The average molecular weight is 480 g/mol. The Balaban J connectivity index is 1.71. The normalized spacial score (nSPS) is 12.0. The van der Waals surface area contributed by atoms with E-state index in [4.69, 9.17) is 10.5 Å². The van der Waals surface area contributed by atoms with E-state index in [0.29, 0.717) is 17.5 Å². The number of ether oxygens (including phenoxy) is 1. The molecular formula is C26H20F4N4O. The molecule has 3 N–H and O–H groups in total. The zero-order chi connectivity index (χ0) is 25.1. The molecule has 5 nitrogen and oxygen atoms in total. The molecule has 0 fully saturated rings. The molecule has 0 radical (unpaired) electrons. The van der Waals surface area contributed by atoms with Gasteiger partial charge >= 0.3 is 6.18 Å². The number of fused-ring (bicyclic) bond motifs is 3. The van der Waals surface area contributed by atoms with Crippen molar-refractivity contribution in [1.29, 1.82) is 0 Å². The second-order valence-electron chi connectivity index (χ2n) is 8.34. The molecule has 0 saturated carbocycles. The first kappa shape index (κ1) is 22.6. The van der Waals surface area contributed by atoms with Gasteiger partial charge in [0.1, 0.15) is 11.6 Å². The molecule has 0 aliphatic heterocycles. The highest BCUT2D eigenvalue weighted by Gasteiger charge is 2.31. The molecule has 35 heavy (non-hydrogen) atoms. The van der Waals surface area contributed by atoms with Crippen LogP contribution >= 0.6 is 0 Å². The lowest BCUT2D eigenvalue weighted by Gasteiger charge is -2.13. The van der Waals surface area contributed by atoms with Crippen molar-refractivity contribution in [3.05, 3.63) is 71.0 Å². The van der Waals surface area contributed by atoms with Gasteiger partial charge in [-0.25, -0.2) is 14.4 Å². The Morgan fingerprint density at radius 2 is 1.63 bits per heavy atom. The van der Waals surface area contributed by atoms with Crippen LogP contribution < -0.4 is 10.5 Å². The van der Waals surface area contributed by atoms with Gasteiger partial charge in [-0.1, -0.05) is 0 Å². The number of halogens is 4. The molecule has 2 heterocycles. The largest absolute Gasteiger partial charge is 0.497 e. The van der Waals surface area contributed by atoms with E-state index < -0.39 is 17.6 Å². The lowest BCUT2D eigenvalue weighted by atomic mass is 9.95. The fourth-order valence-electron chi connectivity index (χ4n) is 4.42. The number of hydrogen-bond acceptors (Lipinski definition) is 4. The summed E-state index contributed by atoms with van der Waals surface area (Å²) in [5, 5.41) is 1.95. The fraction of sp³-hybridized carbons (Fsp3) is 0.154. The van der Waals surface area contributed by atoms with Crippen LogP contribution in [0.4, 0.5) is 23.5 Å². The molecule has 178 valence electrons. The monoisotopic (exact) mass is 480 g/mol. The molecule has 0 spiro atoms. The molecular weight excluding hydrogens is 460 g/mol. The number of nitrogens with zero attached hydrogens (tertiary/aromatic N) is 2. The summed E-state index contributed by atoms with van der Waals surface area (Å²) in [7, 11) is 1.60. The van der Waals surface area contributed by atoms with E-state index in [2.05, 4.69) is 15.0 Å². The first-order valence-electron chi connectivity index (χ1n) is 10.7. The standard InChI is InChI=1S/C26H20F4N4O/c1-12-8-17(13(2)23-18-10-15(35-3)5-7-20(18)32-24(12)23)22-11-21(33-25(31)34-22)16-6-4-14(9-19(16)27)26(28,29)30/h4-11,32H,1-3H3,(H2,31,33,34). The van der Waals surface area contributed by atoms with Crippen LogP contribution in [0, 0.1) is 19.7 Å². The number of nitrogen functional groups attached to an aromatic ring is 1. The van der Waals surface area contributed by atoms with Crippen molar-refractivity contribution in [3.63, 3.8) is 0 Å². The number of alkyl halides is 3. The number of aromatic amines is 1. The third-order valence-corrected chi connectivity index (χ3v) is 6.13. The number of nitrogens with two attached hydrogens (primary N) is 1. The Morgan fingerprint density at radius 1 is 0.914 bits per heavy atom. The summed E-state index contributed by atoms with van der Waals surface area (Å²) in [6.07, 6.45) is -4.65. The lowest BCUT2D eigenvalue weighted by molar-refractivity contribution is -0.137. The van der Waals surface area contributed by atoms with Crippen LogP contribution in [0.2, 0.25) is 0 Å². The summed E-state index contributed by atoms with van der Waals surface area (Å²) >= 11 is 0. The van der Waals surface area contributed by atoms with E-state index in [0.717, 1.165) is 50.6 Å². The van der Waals surface area contributed by atoms with Crippen LogP contribution in [0.3, 0.4) is 0 Å². The second-order valence-corrected chi connectivity index (χ2v) is 8.34. The van der Waals surface area contributed by atoms with Gasteiger partial charge in [-0.3, -0.25) is 0 Å². The van der Waals surface area contributed by atoms with Crippen molar-refractivity contribution >= 4 is 27.8 Å². The van der Waals surface area contributed by atoms with Gasteiger partial charge in [0.2, 0.25) is 5.95 Å². The summed E-state index contributed by atoms with van der Waals surface area (Å²) in [4.78, 5) is 11.9. The number of benzene rings is 3. The van der Waals surface area contributed by atoms with Gasteiger partial charge < -0.3 is 15.5 Å². The van der Waals surface area contributed by atoms with Gasteiger partial charge in [0.05, 0.1) is 24.1 Å². The number of hydrogen-bond donors (Lipinski definition) is 2. The maximum absolute atomic E-state index is 14.7. The maximum atomic E-state index is 14.7. The Bertz CT molecular complexity index is 1620. The number of H-pyrrole nitrogens is 1. The molecule has 0 bridgehead atoms. The zero-order valence-corrected chi connectivity index (χ0v) is 19.0. The Hall–Kier alpha value is -4.14. The van der Waals surface area contributed by atoms with Crippen molar-refractivity contribution in [2.75, 3.05) is 12.8 Å². The first-order chi connectivity index (χ1) is 16.6. The third kappa shape index (κ3) is 3.82. The molecule has 0 saturated heterocycles. The number of aromatic nitrogens is 3. The minimum atomic E-state index is -4.65. The zero-order valence-electron chi connectivity index (χ0n) is 19.0. The molecule has 5 rings (SSSR count). The summed E-state index contributed by atoms with van der Waals surface area (Å²) in [6, 6.07) is 11.6. The number of aryl methyl sites for hydroxylation is 2. The molecule has 0 amide bonds. The number of rotatable bonds is 3. The predicted molar refractivity (Wildman–Crippen MR) is 128 cm³/mol. The Kier molecular flexibility index (Phi) is 5.16. The van der Waals surface area contributed by atoms with Crippen molar-refractivity contribution in [1.82, 2.24) is 15.0 Å². The summed E-state index contributed by atoms with van der Waals surface area (Å²) < 4.78 is 59.0. The van der Waals surface area contributed by atoms with Crippen LogP contribution in [0.1, 0.15) is 16.7 Å². The number of methoxy groups -OCH3 is 1. The van der Waals surface area contributed by atoms with E-state index in [1.807, 2.05) is 38.1 Å². The highest BCUT2D eigenvalue weighted by Crippen LogP contribution is 2.39. The maximum Gasteiger partial charge on any atom is 0.416 e. The SMILES string of the molecule is COc1ccc2[nH]c3c(C)cc(-c4cc(-c5ccc(C(F)(F)F)cc5F)nc(N)n4)c(C)c3c2c1. The molecule has 0 aliphatic carbocycles. The molecule has 9 heteroatoms. The molecule has 0 unspecified atom stereocenters. The van der Waals surface area contributed by atoms with E-state index >= 15 is 0 Å². The van der Waals surface area contributed by atoms with E-state index in [1.54, 1.807) is 7.11 Å². The molecule has 0 aliphatic rings. The molecule has 3 aromatic carbocycles. The average Bonchev–Trinajstić information content (AvgIpc) is 3.20. The van der Waals surface area contributed by atoms with Gasteiger partial charge in [-0.05, 0) is 73.5 Å². The van der Waals surface area contributed by atoms with Gasteiger partial charge in [0.25, 0.3) is 0 Å². The van der Waals surface area contributed by atoms with E-state index in [-0.39, 0.29) is 17.2 Å². The van der Waals surface area contributed by atoms with Gasteiger partial charge in [0, 0.05) is 32.9 Å². The lowest BCUT2D eigenvalue weighted by Crippen LogP contribution is -2.06. The first-order valence-corrected chi connectivity index (χ1v) is 10.7. The molecule has 2 aromatic heterocycles. The van der Waals surface area contributed by atoms with Crippen molar-refractivity contribution in [3.8, 4) is 28.3 Å². The Morgan fingerprint density at radius 3 is 2.29 bits per heavy atom. The van der Waals surface area contributed by atoms with Gasteiger partial charge in [-0.2, -0.15) is 13.2 Å². The van der Waals surface area contributed by atoms with E-state index in [9.17, 15) is 17.6 Å². The van der Waals surface area contributed by atoms with Crippen LogP contribution in [0.5, 0.6) is 5.75 Å². The summed E-state index contributed by atoms with van der Waals surface area (Å²) in [6.45, 7) is 3.90. The second kappa shape index (κ2) is 7.97. The number of nitrogens with one attached hydrogen (secondary N) is 1. The minimum absolute atomic E-state index is 0.0940. The van der Waals surface area contributed by atoms with Crippen LogP contribution in [-0.4, -0.2) is 22.1 Å². The van der Waals surface area contributed by atoms with Crippen LogP contribution in [-0.2, 0) is 6.18 Å². The topological polar surface area (TPSA) is 76.8 Å². The minimum Gasteiger partial charge on any atom is -0.497 e. The van der Waals surface area contributed by atoms with E-state index in [1.165, 1.54) is 6.07 Å². The highest BCUT2D eigenvalue weighted by molar-refractivity contribution is 6.12. The molecule has 5 aromatic rings. The number of anilines is 1. The van der Waals surface area contributed by atoms with Gasteiger partial charge in [-0.15, -0.1) is 0 Å². The van der Waals surface area contributed by atoms with Crippen molar-refractivity contribution < 1.29 is 22.3 Å². The summed E-state index contributed by atoms with van der Waals surface area (Å²) in [5.74, 6) is -0.447. The van der Waals surface area contributed by atoms with Crippen molar-refractivity contribution in [2.24, 2.45) is 0 Å².